The molecule has 32 heavy (non-hydrogen) atoms. The van der Waals surface area contributed by atoms with Crippen LogP contribution in [0.2, 0.25) is 0 Å². The number of hydrogen-bond acceptors (Lipinski definition) is 0. The molecule has 6 rings (SSSR count). The van der Waals surface area contributed by atoms with E-state index in [0.717, 1.165) is 0 Å². The molecule has 1 heterocycles. The van der Waals surface area contributed by atoms with Crippen LogP contribution in [0.1, 0.15) is 33.9 Å². The van der Waals surface area contributed by atoms with E-state index in [1.807, 2.05) is 0 Å². The highest BCUT2D eigenvalue weighted by molar-refractivity contribution is 5.99. The lowest BCUT2D eigenvalue weighted by Gasteiger charge is -2.16. The average Bonchev–Trinajstić information content (AvgIpc) is 3.16. The van der Waals surface area contributed by atoms with E-state index in [4.69, 9.17) is 0 Å². The van der Waals surface area contributed by atoms with Gasteiger partial charge < -0.3 is 4.98 Å². The summed E-state index contributed by atoms with van der Waals surface area (Å²) in [6.07, 6.45) is 4.78. The van der Waals surface area contributed by atoms with Crippen molar-refractivity contribution in [3.8, 4) is 0 Å². The topological polar surface area (TPSA) is 15.8 Å². The molecule has 0 fully saturated rings. The average molecular weight is 410 g/mol. The van der Waals surface area contributed by atoms with Gasteiger partial charge in [0.25, 0.3) is 0 Å². The Hall–Kier alpha value is -4.10. The molecule has 1 aromatic heterocycles. The summed E-state index contributed by atoms with van der Waals surface area (Å²) in [5, 5.41) is 1.28. The Balaban J connectivity index is 1.69. The quantitative estimate of drug-likeness (QED) is 0.312. The van der Waals surface area contributed by atoms with Gasteiger partial charge in [-0.05, 0) is 40.0 Å². The van der Waals surface area contributed by atoms with Gasteiger partial charge in [-0.2, -0.15) is 0 Å². The molecule has 0 spiro atoms. The van der Waals surface area contributed by atoms with Crippen LogP contribution in [0.4, 0.5) is 0 Å². The van der Waals surface area contributed by atoms with E-state index in [-0.39, 0.29) is 5.92 Å². The van der Waals surface area contributed by atoms with Crippen molar-refractivity contribution in [1.29, 1.82) is 0 Å². The van der Waals surface area contributed by atoms with Gasteiger partial charge in [0.05, 0.1) is 5.69 Å². The Labute approximate surface area is 188 Å². The minimum absolute atomic E-state index is 0.148. The summed E-state index contributed by atoms with van der Waals surface area (Å²) >= 11 is 0. The fourth-order valence-corrected chi connectivity index (χ4v) is 4.82. The van der Waals surface area contributed by atoms with Gasteiger partial charge in [-0.3, -0.25) is 0 Å². The zero-order valence-electron chi connectivity index (χ0n) is 17.7. The zero-order chi connectivity index (χ0) is 21.3. The smallest absolute Gasteiger partial charge is 0.0513 e. The first-order valence-corrected chi connectivity index (χ1v) is 11.1. The Kier molecular flexibility index (Phi) is 4.58. The van der Waals surface area contributed by atoms with Gasteiger partial charge in [-0.1, -0.05) is 115 Å². The van der Waals surface area contributed by atoms with E-state index in [9.17, 15) is 0 Å². The zero-order valence-corrected chi connectivity index (χ0v) is 17.7. The number of aromatic amines is 1. The number of hydrogen-bond donors (Lipinski definition) is 1. The molecular weight excluding hydrogens is 386 g/mol. The first-order valence-electron chi connectivity index (χ1n) is 11.1. The van der Waals surface area contributed by atoms with Gasteiger partial charge in [0.15, 0.2) is 0 Å². The van der Waals surface area contributed by atoms with E-state index >= 15 is 0 Å². The van der Waals surface area contributed by atoms with Crippen LogP contribution in [-0.2, 0) is 0 Å². The van der Waals surface area contributed by atoms with Gasteiger partial charge in [0, 0.05) is 22.4 Å². The maximum Gasteiger partial charge on any atom is 0.0513 e. The summed E-state index contributed by atoms with van der Waals surface area (Å²) in [6, 6.07) is 40.9. The number of H-pyrrole nitrogens is 1. The minimum Gasteiger partial charge on any atom is -0.354 e. The van der Waals surface area contributed by atoms with E-state index in [1.54, 1.807) is 0 Å². The molecule has 0 bridgehead atoms. The fraction of sp³-hybridized carbons (Fsp3) is 0.0323. The number of fused-ring (bicyclic) bond motifs is 3. The van der Waals surface area contributed by atoms with Crippen LogP contribution < -0.4 is 0 Å². The summed E-state index contributed by atoms with van der Waals surface area (Å²) in [4.78, 5) is 3.77. The summed E-state index contributed by atoms with van der Waals surface area (Å²) in [5.41, 5.74) is 9.94. The highest BCUT2D eigenvalue weighted by Crippen LogP contribution is 2.44. The molecule has 0 saturated heterocycles. The highest BCUT2D eigenvalue weighted by Gasteiger charge is 2.26. The number of para-hydroxylation sites is 1. The second kappa shape index (κ2) is 7.86. The Morgan fingerprint density at radius 1 is 0.562 bits per heavy atom. The van der Waals surface area contributed by atoms with Crippen LogP contribution in [0.15, 0.2) is 127 Å². The van der Waals surface area contributed by atoms with Gasteiger partial charge in [-0.25, -0.2) is 0 Å². The first kappa shape index (κ1) is 18.7. The lowest BCUT2D eigenvalue weighted by molar-refractivity contribution is 1.04. The standard InChI is InChI=1S/C31H23N/c1-4-12-22(13-5-1)25-20-27(23-14-6-2-7-15-23)30-26-18-10-11-19-29(26)32-31(30)28(21-25)24-16-8-3-9-17-24/h1-21,27,32H. The molecule has 4 aromatic carbocycles. The van der Waals surface area contributed by atoms with Crippen LogP contribution in [0, 0.1) is 0 Å². The number of rotatable bonds is 3. The third-order valence-corrected chi connectivity index (χ3v) is 6.32. The lowest BCUT2D eigenvalue weighted by atomic mass is 9.87. The molecule has 1 heteroatoms. The maximum absolute atomic E-state index is 3.77. The van der Waals surface area contributed by atoms with Crippen molar-refractivity contribution in [2.45, 2.75) is 5.92 Å². The molecule has 152 valence electrons. The van der Waals surface area contributed by atoms with E-state index < -0.39 is 0 Å². The molecule has 0 radical (unpaired) electrons. The molecule has 1 nitrogen and oxygen atoms in total. The van der Waals surface area contributed by atoms with Crippen molar-refractivity contribution in [1.82, 2.24) is 4.98 Å². The molecule has 1 N–H and O–H groups in total. The second-order valence-electron chi connectivity index (χ2n) is 8.26. The van der Waals surface area contributed by atoms with Crippen molar-refractivity contribution in [2.75, 3.05) is 0 Å². The van der Waals surface area contributed by atoms with Crippen LogP contribution in [0.25, 0.3) is 22.0 Å². The van der Waals surface area contributed by atoms with E-state index in [1.165, 1.54) is 50.0 Å². The predicted molar refractivity (Wildman–Crippen MR) is 135 cm³/mol. The van der Waals surface area contributed by atoms with Crippen LogP contribution >= 0.6 is 0 Å². The number of nitrogens with one attached hydrogen (secondary N) is 1. The van der Waals surface area contributed by atoms with Gasteiger partial charge in [-0.15, -0.1) is 0 Å². The number of allylic oxidation sites excluding steroid dienone is 3. The normalized spacial score (nSPS) is 15.6. The Morgan fingerprint density at radius 3 is 1.88 bits per heavy atom. The van der Waals surface area contributed by atoms with Crippen molar-refractivity contribution >= 4 is 22.0 Å². The van der Waals surface area contributed by atoms with Gasteiger partial charge in [0.1, 0.15) is 0 Å². The van der Waals surface area contributed by atoms with E-state index in [2.05, 4.69) is 132 Å². The molecule has 0 aliphatic heterocycles. The van der Waals surface area contributed by atoms with E-state index in [0.29, 0.717) is 0 Å². The number of benzene rings is 4. The molecule has 0 saturated carbocycles. The van der Waals surface area contributed by atoms with Crippen molar-refractivity contribution < 1.29 is 0 Å². The molecule has 1 atom stereocenters. The molecule has 1 aliphatic carbocycles. The van der Waals surface area contributed by atoms with Crippen molar-refractivity contribution in [3.05, 3.63) is 155 Å². The molecule has 5 aromatic rings. The molecule has 1 aliphatic rings. The fourth-order valence-electron chi connectivity index (χ4n) is 4.82. The SMILES string of the molecule is C1=C(c2ccccc2)C=C(c2ccccc2)c2[nH]c3ccccc3c2C1c1ccccc1. The lowest BCUT2D eigenvalue weighted by Crippen LogP contribution is -2.00. The Bertz CT molecular complexity index is 1440. The van der Waals surface area contributed by atoms with Crippen LogP contribution in [0.3, 0.4) is 0 Å². The van der Waals surface area contributed by atoms with Gasteiger partial charge >= 0.3 is 0 Å². The monoisotopic (exact) mass is 409 g/mol. The van der Waals surface area contributed by atoms with Crippen molar-refractivity contribution in [2.24, 2.45) is 0 Å². The van der Waals surface area contributed by atoms with Crippen molar-refractivity contribution in [3.63, 3.8) is 0 Å². The molecular formula is C31H23N. The minimum atomic E-state index is 0.148. The molecule has 1 unspecified atom stereocenters. The summed E-state index contributed by atoms with van der Waals surface area (Å²) < 4.78 is 0. The largest absolute Gasteiger partial charge is 0.354 e. The summed E-state index contributed by atoms with van der Waals surface area (Å²) in [7, 11) is 0. The third kappa shape index (κ3) is 3.19. The second-order valence-corrected chi connectivity index (χ2v) is 8.26. The third-order valence-electron chi connectivity index (χ3n) is 6.32. The number of aromatic nitrogens is 1. The Morgan fingerprint density at radius 2 is 1.16 bits per heavy atom. The predicted octanol–water partition coefficient (Wildman–Crippen LogP) is 7.83. The van der Waals surface area contributed by atoms with Crippen LogP contribution in [0.5, 0.6) is 0 Å². The van der Waals surface area contributed by atoms with Crippen LogP contribution in [-0.4, -0.2) is 4.98 Å². The highest BCUT2D eigenvalue weighted by atomic mass is 14.7. The summed E-state index contributed by atoms with van der Waals surface area (Å²) in [5.74, 6) is 0.148. The maximum atomic E-state index is 3.77. The first-order chi connectivity index (χ1) is 15.9. The molecule has 0 amide bonds. The summed E-state index contributed by atoms with van der Waals surface area (Å²) in [6.45, 7) is 0. The van der Waals surface area contributed by atoms with Gasteiger partial charge in [0.2, 0.25) is 0 Å².